The summed E-state index contributed by atoms with van der Waals surface area (Å²) in [5.74, 6) is 2.96. The number of rotatable bonds is 7. The minimum absolute atomic E-state index is 0.131. The zero-order valence-corrected chi connectivity index (χ0v) is 27.9. The number of aliphatic hydroxyl groups is 2. The molecule has 1 heterocycles. The monoisotopic (exact) mass is 609 g/mol. The number of carbonyl (C=O) groups excluding carboxylic acids is 1. The molecule has 5 rings (SSSR count). The van der Waals surface area contributed by atoms with E-state index in [-0.39, 0.29) is 34.4 Å². The van der Waals surface area contributed by atoms with Crippen molar-refractivity contribution in [1.82, 2.24) is 14.3 Å². The zero-order valence-electron chi connectivity index (χ0n) is 27.1. The standard InChI is InChI=1S/C33H59N3O5S/c1-7-23-27-20-22(37)10-13-33(27,6)26-11-14-32(5)24(8-9-25(32)28(26)29(23)38)21(2)12-17-34-30(39)35-42(40,41)36-18-15-31(3,4)16-19-36/h21-29,37-38H,7-20H2,1-6H3,(H2,34,35,39)/t21-,22-,23-,24-,25+,26+,27+,28+,29-,32-,33-/m1/s1. The van der Waals surface area contributed by atoms with Crippen LogP contribution in [0.4, 0.5) is 4.79 Å². The number of aliphatic hydroxyl groups excluding tert-OH is 2. The Hall–Kier alpha value is -0.900. The molecule has 0 aromatic heterocycles. The number of fused-ring (bicyclic) bond motifs is 5. The van der Waals surface area contributed by atoms with Crippen LogP contribution >= 0.6 is 0 Å². The van der Waals surface area contributed by atoms with Crippen LogP contribution in [0.3, 0.4) is 0 Å². The Bertz CT molecular complexity index is 1090. The molecule has 5 aliphatic rings. The molecule has 1 aliphatic heterocycles. The molecule has 8 nitrogen and oxygen atoms in total. The first kappa shape index (κ1) is 32.5. The summed E-state index contributed by atoms with van der Waals surface area (Å²) in [6.07, 6.45) is 10.3. The van der Waals surface area contributed by atoms with Crippen molar-refractivity contribution in [1.29, 1.82) is 0 Å². The Morgan fingerprint density at radius 3 is 2.24 bits per heavy atom. The van der Waals surface area contributed by atoms with Gasteiger partial charge in [0, 0.05) is 19.6 Å². The number of hydrogen-bond donors (Lipinski definition) is 4. The number of urea groups is 1. The van der Waals surface area contributed by atoms with Gasteiger partial charge in [0.25, 0.3) is 0 Å². The van der Waals surface area contributed by atoms with Gasteiger partial charge in [-0.2, -0.15) is 12.7 Å². The van der Waals surface area contributed by atoms with Crippen LogP contribution in [0.25, 0.3) is 0 Å². The number of hydrogen-bond acceptors (Lipinski definition) is 5. The normalized spacial score (nSPS) is 44.4. The van der Waals surface area contributed by atoms with Crippen LogP contribution in [-0.2, 0) is 10.2 Å². The Labute approximate surface area is 255 Å². The molecular weight excluding hydrogens is 550 g/mol. The second-order valence-corrected chi connectivity index (χ2v) is 18.0. The largest absolute Gasteiger partial charge is 0.393 e. The number of nitrogens with zero attached hydrogens (tertiary/aromatic N) is 1. The topological polar surface area (TPSA) is 119 Å². The summed E-state index contributed by atoms with van der Waals surface area (Å²) in [6, 6.07) is -0.639. The van der Waals surface area contributed by atoms with Gasteiger partial charge in [0.1, 0.15) is 0 Å². The van der Waals surface area contributed by atoms with E-state index < -0.39 is 16.2 Å². The van der Waals surface area contributed by atoms with E-state index >= 15 is 0 Å². The third kappa shape index (κ3) is 5.78. The summed E-state index contributed by atoms with van der Waals surface area (Å²) in [7, 11) is -3.83. The minimum Gasteiger partial charge on any atom is -0.393 e. The van der Waals surface area contributed by atoms with Gasteiger partial charge in [0.15, 0.2) is 0 Å². The molecule has 0 bridgehead atoms. The SMILES string of the molecule is CC[C@H]1[C@@H](O)[C@@H]2[C@H](CC[C@]3(C)[C@@H]([C@H](C)CCNC(=O)NS(=O)(=O)N4CCC(C)(C)CC4)CC[C@@H]23)[C@@]2(C)CC[C@@H](O)C[C@@H]12. The summed E-state index contributed by atoms with van der Waals surface area (Å²) in [4.78, 5) is 12.6. The van der Waals surface area contributed by atoms with E-state index in [1.807, 2.05) is 0 Å². The van der Waals surface area contributed by atoms with Crippen molar-refractivity contribution in [2.24, 2.45) is 57.7 Å². The molecule has 5 fully saturated rings. The van der Waals surface area contributed by atoms with E-state index in [4.69, 9.17) is 0 Å². The number of piperidine rings is 1. The smallest absolute Gasteiger partial charge is 0.329 e. The fourth-order valence-corrected chi connectivity index (χ4v) is 12.2. The summed E-state index contributed by atoms with van der Waals surface area (Å²) in [5, 5.41) is 25.3. The van der Waals surface area contributed by atoms with Gasteiger partial charge in [-0.1, -0.05) is 48.0 Å². The summed E-state index contributed by atoms with van der Waals surface area (Å²) in [6.45, 7) is 15.1. The maximum atomic E-state index is 12.7. The third-order valence-corrected chi connectivity index (χ3v) is 15.2. The Balaban J connectivity index is 1.18. The molecule has 42 heavy (non-hydrogen) atoms. The quantitative estimate of drug-likeness (QED) is 0.312. The van der Waals surface area contributed by atoms with Gasteiger partial charge in [0.2, 0.25) is 0 Å². The molecule has 9 heteroatoms. The summed E-state index contributed by atoms with van der Waals surface area (Å²) >= 11 is 0. The predicted octanol–water partition coefficient (Wildman–Crippen LogP) is 5.31. The Morgan fingerprint density at radius 1 is 0.929 bits per heavy atom. The Morgan fingerprint density at radius 2 is 1.57 bits per heavy atom. The van der Waals surface area contributed by atoms with Crippen LogP contribution in [0.15, 0.2) is 0 Å². The lowest BCUT2D eigenvalue weighted by Crippen LogP contribution is -2.62. The van der Waals surface area contributed by atoms with Crippen molar-refractivity contribution in [3.63, 3.8) is 0 Å². The van der Waals surface area contributed by atoms with E-state index in [9.17, 15) is 23.4 Å². The van der Waals surface area contributed by atoms with Crippen molar-refractivity contribution < 1.29 is 23.4 Å². The molecule has 2 amide bonds. The maximum Gasteiger partial charge on any atom is 0.329 e. The fraction of sp³-hybridized carbons (Fsp3) is 0.970. The van der Waals surface area contributed by atoms with Crippen LogP contribution in [0.2, 0.25) is 0 Å². The molecule has 242 valence electrons. The molecule has 4 N–H and O–H groups in total. The molecule has 0 aromatic carbocycles. The summed E-state index contributed by atoms with van der Waals surface area (Å²) < 4.78 is 29.1. The molecule has 1 saturated heterocycles. The third-order valence-electron chi connectivity index (χ3n) is 13.7. The first-order chi connectivity index (χ1) is 19.6. The highest BCUT2D eigenvalue weighted by molar-refractivity contribution is 7.87. The maximum absolute atomic E-state index is 12.7. The predicted molar refractivity (Wildman–Crippen MR) is 166 cm³/mol. The second kappa shape index (κ2) is 11.8. The van der Waals surface area contributed by atoms with E-state index in [0.29, 0.717) is 55.1 Å². The molecule has 0 spiro atoms. The van der Waals surface area contributed by atoms with Gasteiger partial charge < -0.3 is 15.5 Å². The van der Waals surface area contributed by atoms with Gasteiger partial charge in [-0.15, -0.1) is 0 Å². The molecule has 0 unspecified atom stereocenters. The van der Waals surface area contributed by atoms with Crippen molar-refractivity contribution in [3.8, 4) is 0 Å². The van der Waals surface area contributed by atoms with Crippen LogP contribution in [0.1, 0.15) is 112 Å². The average molecular weight is 610 g/mol. The first-order valence-electron chi connectivity index (χ1n) is 17.0. The van der Waals surface area contributed by atoms with Crippen molar-refractivity contribution in [2.45, 2.75) is 124 Å². The number of nitrogens with one attached hydrogen (secondary N) is 2. The lowest BCUT2D eigenvalue weighted by Gasteiger charge is -2.64. The van der Waals surface area contributed by atoms with Crippen LogP contribution in [0, 0.1) is 57.7 Å². The van der Waals surface area contributed by atoms with Gasteiger partial charge in [-0.05, 0) is 122 Å². The minimum atomic E-state index is -3.83. The van der Waals surface area contributed by atoms with E-state index in [1.54, 1.807) is 0 Å². The zero-order chi connectivity index (χ0) is 30.7. The average Bonchev–Trinajstić information content (AvgIpc) is 3.26. The van der Waals surface area contributed by atoms with Crippen LogP contribution in [-0.4, -0.2) is 60.8 Å². The highest BCUT2D eigenvalue weighted by atomic mass is 32.2. The fourth-order valence-electron chi connectivity index (χ4n) is 11.1. The lowest BCUT2D eigenvalue weighted by atomic mass is 9.41. The van der Waals surface area contributed by atoms with Gasteiger partial charge in [-0.3, -0.25) is 0 Å². The summed E-state index contributed by atoms with van der Waals surface area (Å²) in [5.41, 5.74) is 0.508. The van der Waals surface area contributed by atoms with Crippen molar-refractivity contribution in [3.05, 3.63) is 0 Å². The van der Waals surface area contributed by atoms with Gasteiger partial charge in [0.05, 0.1) is 12.2 Å². The van der Waals surface area contributed by atoms with Gasteiger partial charge >= 0.3 is 16.2 Å². The highest BCUT2D eigenvalue weighted by Gasteiger charge is 2.64. The van der Waals surface area contributed by atoms with Crippen molar-refractivity contribution in [2.75, 3.05) is 19.6 Å². The van der Waals surface area contributed by atoms with E-state index in [0.717, 1.165) is 64.2 Å². The lowest BCUT2D eigenvalue weighted by molar-refractivity contribution is -0.203. The van der Waals surface area contributed by atoms with Crippen LogP contribution < -0.4 is 10.0 Å². The molecular formula is C33H59N3O5S. The van der Waals surface area contributed by atoms with E-state index in [2.05, 4.69) is 51.6 Å². The molecule has 4 saturated carbocycles. The van der Waals surface area contributed by atoms with E-state index in [1.165, 1.54) is 10.7 Å². The highest BCUT2D eigenvalue weighted by Crippen LogP contribution is 2.69. The van der Waals surface area contributed by atoms with Gasteiger partial charge in [-0.25, -0.2) is 9.52 Å². The Kier molecular flexibility index (Phi) is 9.12. The van der Waals surface area contributed by atoms with Crippen molar-refractivity contribution >= 4 is 16.2 Å². The molecule has 4 aliphatic carbocycles. The molecule has 0 aromatic rings. The molecule has 11 atom stereocenters. The van der Waals surface area contributed by atoms with Crippen LogP contribution in [0.5, 0.6) is 0 Å². The first-order valence-corrected chi connectivity index (χ1v) is 18.5. The number of carbonyl (C=O) groups is 1. The molecule has 0 radical (unpaired) electrons. The second-order valence-electron chi connectivity index (χ2n) is 16.3. The number of amides is 2.